The van der Waals surface area contributed by atoms with Crippen LogP contribution in [0.3, 0.4) is 0 Å². The van der Waals surface area contributed by atoms with Crippen LogP contribution in [0.15, 0.2) is 66.7 Å². The van der Waals surface area contributed by atoms with E-state index in [1.807, 2.05) is 36.4 Å². The van der Waals surface area contributed by atoms with Crippen LogP contribution in [0.1, 0.15) is 22.6 Å². The average molecular weight is 407 g/mol. The number of hydrogen-bond donors (Lipinski definition) is 1. The first-order valence-electron chi connectivity index (χ1n) is 9.75. The molecule has 30 heavy (non-hydrogen) atoms. The van der Waals surface area contributed by atoms with E-state index >= 15 is 0 Å². The number of halogens is 2. The molecule has 0 saturated carbocycles. The van der Waals surface area contributed by atoms with E-state index in [1.165, 1.54) is 11.0 Å². The molecule has 3 aromatic carbocycles. The van der Waals surface area contributed by atoms with E-state index in [0.717, 1.165) is 34.4 Å². The number of hydrogen-bond acceptors (Lipinski definition) is 3. The highest BCUT2D eigenvalue weighted by Crippen LogP contribution is 2.44. The molecule has 3 aromatic rings. The maximum Gasteiger partial charge on any atom is 0.410 e. The summed E-state index contributed by atoms with van der Waals surface area (Å²) >= 11 is 0. The quantitative estimate of drug-likeness (QED) is 0.700. The Hall–Kier alpha value is -3.25. The summed E-state index contributed by atoms with van der Waals surface area (Å²) in [5.41, 5.74) is 2.29. The van der Waals surface area contributed by atoms with Gasteiger partial charge in [0, 0.05) is 5.92 Å². The Morgan fingerprint density at radius 1 is 0.933 bits per heavy atom. The second-order valence-corrected chi connectivity index (χ2v) is 7.79. The molecule has 0 bridgehead atoms. The van der Waals surface area contributed by atoms with Gasteiger partial charge in [-0.05, 0) is 34.4 Å². The van der Waals surface area contributed by atoms with Gasteiger partial charge in [-0.1, -0.05) is 54.6 Å². The van der Waals surface area contributed by atoms with Gasteiger partial charge in [-0.25, -0.2) is 13.6 Å². The Kier molecular flexibility index (Phi) is 4.33. The van der Waals surface area contributed by atoms with Gasteiger partial charge in [0.2, 0.25) is 0 Å². The van der Waals surface area contributed by atoms with Crippen molar-refractivity contribution in [1.82, 2.24) is 4.90 Å². The number of carbonyl (C=O) groups is 1. The van der Waals surface area contributed by atoms with Crippen LogP contribution in [0.25, 0.3) is 11.1 Å². The van der Waals surface area contributed by atoms with Crippen molar-refractivity contribution in [1.29, 1.82) is 0 Å². The first kappa shape index (κ1) is 18.8. The number of β-amino-alcohol motifs (C(OH)–C–C–N with tert-alkyl or cyclic N) is 1. The number of ether oxygens (including phenoxy) is 1. The maximum absolute atomic E-state index is 14.0. The molecule has 152 valence electrons. The zero-order chi connectivity index (χ0) is 20.9. The number of rotatable bonds is 3. The molecule has 1 heterocycles. The third-order valence-electron chi connectivity index (χ3n) is 5.93. The Labute approximate surface area is 172 Å². The molecule has 1 aliphatic heterocycles. The van der Waals surface area contributed by atoms with Gasteiger partial charge >= 0.3 is 6.09 Å². The van der Waals surface area contributed by atoms with Crippen molar-refractivity contribution in [2.75, 3.05) is 19.7 Å². The van der Waals surface area contributed by atoms with Crippen molar-refractivity contribution >= 4 is 6.09 Å². The third kappa shape index (κ3) is 2.87. The molecule has 1 saturated heterocycles. The fourth-order valence-electron chi connectivity index (χ4n) is 4.50. The van der Waals surface area contributed by atoms with Gasteiger partial charge in [0.05, 0.1) is 18.7 Å². The number of aliphatic hydroxyl groups is 1. The molecule has 4 nitrogen and oxygen atoms in total. The van der Waals surface area contributed by atoms with E-state index in [0.29, 0.717) is 0 Å². The number of fused-ring (bicyclic) bond motifs is 3. The summed E-state index contributed by atoms with van der Waals surface area (Å²) in [7, 11) is 0. The van der Waals surface area contributed by atoms with Crippen LogP contribution in [0.2, 0.25) is 0 Å². The number of nitrogens with zero attached hydrogens (tertiary/aromatic N) is 1. The first-order chi connectivity index (χ1) is 14.5. The molecule has 0 aromatic heterocycles. The molecule has 1 N–H and O–H groups in total. The lowest BCUT2D eigenvalue weighted by Crippen LogP contribution is -2.62. The monoisotopic (exact) mass is 407 g/mol. The summed E-state index contributed by atoms with van der Waals surface area (Å²) < 4.78 is 33.5. The van der Waals surface area contributed by atoms with E-state index in [9.17, 15) is 18.7 Å². The minimum atomic E-state index is -1.75. The zero-order valence-corrected chi connectivity index (χ0v) is 16.0. The molecule has 1 fully saturated rings. The minimum Gasteiger partial charge on any atom is -0.448 e. The molecular weight excluding hydrogens is 388 g/mol. The second-order valence-electron chi connectivity index (χ2n) is 7.79. The first-order valence-corrected chi connectivity index (χ1v) is 9.75. The predicted molar refractivity (Wildman–Crippen MR) is 107 cm³/mol. The van der Waals surface area contributed by atoms with Crippen molar-refractivity contribution in [3.8, 4) is 11.1 Å². The van der Waals surface area contributed by atoms with Gasteiger partial charge in [-0.15, -0.1) is 0 Å². The Morgan fingerprint density at radius 3 is 2.03 bits per heavy atom. The van der Waals surface area contributed by atoms with Crippen LogP contribution in [0, 0.1) is 11.6 Å². The Balaban J connectivity index is 1.28. The van der Waals surface area contributed by atoms with Crippen molar-refractivity contribution < 1.29 is 23.4 Å². The van der Waals surface area contributed by atoms with Crippen LogP contribution in [0.4, 0.5) is 13.6 Å². The van der Waals surface area contributed by atoms with Crippen molar-refractivity contribution in [2.45, 2.75) is 11.5 Å². The van der Waals surface area contributed by atoms with Crippen LogP contribution >= 0.6 is 0 Å². The topological polar surface area (TPSA) is 49.8 Å². The SMILES string of the molecule is O=C(OCC1c2ccccc2-c2ccccc21)N1CC(O)(c2c(F)cccc2F)C1. The molecule has 5 rings (SSSR count). The van der Waals surface area contributed by atoms with Gasteiger partial charge < -0.3 is 14.7 Å². The highest BCUT2D eigenvalue weighted by Gasteiger charge is 2.49. The van der Waals surface area contributed by atoms with E-state index in [2.05, 4.69) is 12.1 Å². The molecule has 0 spiro atoms. The third-order valence-corrected chi connectivity index (χ3v) is 5.93. The van der Waals surface area contributed by atoms with E-state index < -0.39 is 28.9 Å². The lowest BCUT2D eigenvalue weighted by molar-refractivity contribution is -0.0982. The van der Waals surface area contributed by atoms with E-state index in [-0.39, 0.29) is 25.6 Å². The molecule has 6 heteroatoms. The van der Waals surface area contributed by atoms with Crippen LogP contribution in [0.5, 0.6) is 0 Å². The number of benzene rings is 3. The largest absolute Gasteiger partial charge is 0.448 e. The number of amides is 1. The molecule has 0 atom stereocenters. The molecule has 1 aliphatic carbocycles. The second kappa shape index (κ2) is 6.92. The summed E-state index contributed by atoms with van der Waals surface area (Å²) in [4.78, 5) is 13.7. The molecule has 0 radical (unpaired) electrons. The lowest BCUT2D eigenvalue weighted by atomic mass is 9.85. The highest BCUT2D eigenvalue weighted by molar-refractivity contribution is 5.79. The summed E-state index contributed by atoms with van der Waals surface area (Å²) in [5.74, 6) is -1.74. The average Bonchev–Trinajstić information content (AvgIpc) is 3.04. The summed E-state index contributed by atoms with van der Waals surface area (Å²) in [6.45, 7) is -0.293. The fourth-order valence-corrected chi connectivity index (χ4v) is 4.50. The van der Waals surface area contributed by atoms with Gasteiger partial charge in [-0.2, -0.15) is 0 Å². The van der Waals surface area contributed by atoms with Crippen molar-refractivity contribution in [3.05, 3.63) is 95.1 Å². The minimum absolute atomic E-state index is 0.0782. The van der Waals surface area contributed by atoms with Crippen LogP contribution in [-0.2, 0) is 10.3 Å². The van der Waals surface area contributed by atoms with Gasteiger partial charge in [0.1, 0.15) is 23.8 Å². The van der Waals surface area contributed by atoms with E-state index in [1.54, 1.807) is 0 Å². The van der Waals surface area contributed by atoms with Gasteiger partial charge in [0.25, 0.3) is 0 Å². The fraction of sp³-hybridized carbons (Fsp3) is 0.208. The smallest absolute Gasteiger partial charge is 0.410 e. The van der Waals surface area contributed by atoms with Crippen LogP contribution in [-0.4, -0.2) is 35.8 Å². The lowest BCUT2D eigenvalue weighted by Gasteiger charge is -2.45. The van der Waals surface area contributed by atoms with Crippen molar-refractivity contribution in [2.24, 2.45) is 0 Å². The van der Waals surface area contributed by atoms with Crippen LogP contribution < -0.4 is 0 Å². The van der Waals surface area contributed by atoms with Gasteiger partial charge in [0.15, 0.2) is 0 Å². The summed E-state index contributed by atoms with van der Waals surface area (Å²) in [6, 6.07) is 19.4. The standard InChI is InChI=1S/C24H19F2NO3/c25-20-10-5-11-21(26)22(20)24(29)13-27(14-24)23(28)30-12-19-17-8-3-1-6-15(17)16-7-2-4-9-18(16)19/h1-11,19,29H,12-14H2. The molecule has 2 aliphatic rings. The normalized spacial score (nSPS) is 16.6. The summed E-state index contributed by atoms with van der Waals surface area (Å²) in [6.07, 6.45) is -0.613. The number of carbonyl (C=O) groups excluding carboxylic acids is 1. The maximum atomic E-state index is 14.0. The Bertz CT molecular complexity index is 1080. The molecule has 0 unspecified atom stereocenters. The van der Waals surface area contributed by atoms with Crippen molar-refractivity contribution in [3.63, 3.8) is 0 Å². The highest BCUT2D eigenvalue weighted by atomic mass is 19.1. The summed E-state index contributed by atoms with van der Waals surface area (Å²) in [5, 5.41) is 10.6. The number of likely N-dealkylation sites (tertiary alicyclic amines) is 1. The molecular formula is C24H19F2NO3. The predicted octanol–water partition coefficient (Wildman–Crippen LogP) is 4.42. The zero-order valence-electron chi connectivity index (χ0n) is 16.0. The van der Waals surface area contributed by atoms with E-state index in [4.69, 9.17) is 4.74 Å². The Morgan fingerprint density at radius 2 is 1.47 bits per heavy atom. The molecule has 1 amide bonds. The van der Waals surface area contributed by atoms with Gasteiger partial charge in [-0.3, -0.25) is 0 Å².